The van der Waals surface area contributed by atoms with Gasteiger partial charge in [0.25, 0.3) is 0 Å². The van der Waals surface area contributed by atoms with E-state index in [0.717, 1.165) is 11.3 Å². The van der Waals surface area contributed by atoms with Crippen LogP contribution in [0.25, 0.3) is 0 Å². The van der Waals surface area contributed by atoms with Crippen molar-refractivity contribution in [3.05, 3.63) is 55.7 Å². The lowest BCUT2D eigenvalue weighted by atomic mass is 10.0. The first kappa shape index (κ1) is 15.6. The summed E-state index contributed by atoms with van der Waals surface area (Å²) in [6, 6.07) is 6.18. The third-order valence-corrected chi connectivity index (χ3v) is 5.00. The zero-order chi connectivity index (χ0) is 14.7. The van der Waals surface area contributed by atoms with Gasteiger partial charge in [-0.3, -0.25) is 0 Å². The minimum absolute atomic E-state index is 0.0747. The molecule has 0 radical (unpaired) electrons. The molecular weight excluding hydrogens is 344 g/mol. The lowest BCUT2D eigenvalue weighted by molar-refractivity contribution is 0.510. The fraction of sp³-hybridized carbons (Fsp3) is 0.333. The van der Waals surface area contributed by atoms with E-state index in [1.165, 1.54) is 17.0 Å². The number of aryl methyl sites for hydroxylation is 1. The summed E-state index contributed by atoms with van der Waals surface area (Å²) in [5.74, 6) is -1.06. The van der Waals surface area contributed by atoms with E-state index in [1.54, 1.807) is 11.3 Å². The van der Waals surface area contributed by atoms with Gasteiger partial charge in [-0.2, -0.15) is 0 Å². The Morgan fingerprint density at radius 2 is 1.95 bits per heavy atom. The highest BCUT2D eigenvalue weighted by Crippen LogP contribution is 2.34. The minimum atomic E-state index is -0.539. The SMILES string of the molecule is CCNC(c1ccc(CC)s1)c1c(F)ccc(Br)c1F. The van der Waals surface area contributed by atoms with E-state index in [9.17, 15) is 8.78 Å². The van der Waals surface area contributed by atoms with E-state index < -0.39 is 17.7 Å². The molecule has 0 saturated heterocycles. The van der Waals surface area contributed by atoms with Crippen molar-refractivity contribution >= 4 is 27.3 Å². The van der Waals surface area contributed by atoms with Gasteiger partial charge in [-0.1, -0.05) is 13.8 Å². The highest BCUT2D eigenvalue weighted by Gasteiger charge is 2.24. The molecule has 1 aromatic heterocycles. The van der Waals surface area contributed by atoms with Crippen LogP contribution in [0.3, 0.4) is 0 Å². The van der Waals surface area contributed by atoms with Crippen LogP contribution >= 0.6 is 27.3 Å². The van der Waals surface area contributed by atoms with Gasteiger partial charge in [0.15, 0.2) is 0 Å². The second-order valence-electron chi connectivity index (χ2n) is 4.41. The van der Waals surface area contributed by atoms with Crippen molar-refractivity contribution in [2.45, 2.75) is 26.3 Å². The van der Waals surface area contributed by atoms with Crippen LogP contribution in [0, 0.1) is 11.6 Å². The normalized spacial score (nSPS) is 12.7. The van der Waals surface area contributed by atoms with Crippen LogP contribution in [0.2, 0.25) is 0 Å². The lowest BCUT2D eigenvalue weighted by Crippen LogP contribution is -2.23. The topological polar surface area (TPSA) is 12.0 Å². The third kappa shape index (κ3) is 3.10. The van der Waals surface area contributed by atoms with Crippen LogP contribution in [0.15, 0.2) is 28.7 Å². The molecule has 2 rings (SSSR count). The second kappa shape index (κ2) is 6.78. The molecule has 0 amide bonds. The van der Waals surface area contributed by atoms with E-state index in [0.29, 0.717) is 6.54 Å². The molecule has 20 heavy (non-hydrogen) atoms. The Morgan fingerprint density at radius 3 is 2.55 bits per heavy atom. The average Bonchev–Trinajstić information content (AvgIpc) is 2.91. The van der Waals surface area contributed by atoms with Crippen molar-refractivity contribution in [2.75, 3.05) is 6.54 Å². The number of nitrogens with one attached hydrogen (secondary N) is 1. The average molecular weight is 360 g/mol. The molecule has 0 spiro atoms. The first-order valence-corrected chi connectivity index (χ1v) is 8.14. The number of hydrogen-bond acceptors (Lipinski definition) is 2. The van der Waals surface area contributed by atoms with Crippen molar-refractivity contribution in [3.8, 4) is 0 Å². The summed E-state index contributed by atoms with van der Waals surface area (Å²) in [4.78, 5) is 2.14. The summed E-state index contributed by atoms with van der Waals surface area (Å²) >= 11 is 4.71. The van der Waals surface area contributed by atoms with E-state index in [4.69, 9.17) is 0 Å². The van der Waals surface area contributed by atoms with Gasteiger partial charge < -0.3 is 5.32 Å². The van der Waals surface area contributed by atoms with Crippen molar-refractivity contribution in [2.24, 2.45) is 0 Å². The molecular formula is C15H16BrF2NS. The number of hydrogen-bond donors (Lipinski definition) is 1. The monoisotopic (exact) mass is 359 g/mol. The molecule has 108 valence electrons. The maximum Gasteiger partial charge on any atom is 0.145 e. The Hall–Kier alpha value is -0.780. The van der Waals surface area contributed by atoms with Gasteiger partial charge in [-0.05, 0) is 53.2 Å². The molecule has 1 atom stereocenters. The van der Waals surface area contributed by atoms with E-state index >= 15 is 0 Å². The molecule has 0 aliphatic heterocycles. The Labute approximate surface area is 130 Å². The fourth-order valence-electron chi connectivity index (χ4n) is 2.10. The van der Waals surface area contributed by atoms with Gasteiger partial charge >= 0.3 is 0 Å². The quantitative estimate of drug-likeness (QED) is 0.736. The molecule has 1 unspecified atom stereocenters. The molecule has 5 heteroatoms. The number of benzene rings is 1. The Morgan fingerprint density at radius 1 is 1.20 bits per heavy atom. The zero-order valence-electron chi connectivity index (χ0n) is 11.3. The van der Waals surface area contributed by atoms with Crippen LogP contribution in [0.4, 0.5) is 8.78 Å². The molecule has 1 heterocycles. The summed E-state index contributed by atoms with van der Waals surface area (Å²) in [6.45, 7) is 4.63. The second-order valence-corrected chi connectivity index (χ2v) is 6.46. The van der Waals surface area contributed by atoms with Gasteiger partial charge in [0, 0.05) is 15.3 Å². The van der Waals surface area contributed by atoms with Gasteiger partial charge in [0.05, 0.1) is 10.5 Å². The molecule has 0 aliphatic carbocycles. The predicted molar refractivity (Wildman–Crippen MR) is 83.3 cm³/mol. The standard InChI is InChI=1S/C15H16BrF2NS/c1-3-9-5-8-12(20-9)15(19-4-2)13-11(17)7-6-10(16)14(13)18/h5-8,15,19H,3-4H2,1-2H3. The Kier molecular flexibility index (Phi) is 5.29. The first-order chi connectivity index (χ1) is 9.58. The maximum absolute atomic E-state index is 14.3. The summed E-state index contributed by atoms with van der Waals surface area (Å²) in [7, 11) is 0. The highest BCUT2D eigenvalue weighted by molar-refractivity contribution is 9.10. The molecule has 0 aliphatic rings. The van der Waals surface area contributed by atoms with Gasteiger partial charge in [0.2, 0.25) is 0 Å². The van der Waals surface area contributed by atoms with Crippen molar-refractivity contribution in [3.63, 3.8) is 0 Å². The molecule has 1 N–H and O–H groups in total. The zero-order valence-corrected chi connectivity index (χ0v) is 13.7. The number of thiophene rings is 1. The fourth-order valence-corrected chi connectivity index (χ4v) is 3.48. The van der Waals surface area contributed by atoms with E-state index in [1.807, 2.05) is 19.1 Å². The van der Waals surface area contributed by atoms with E-state index in [2.05, 4.69) is 28.2 Å². The lowest BCUT2D eigenvalue weighted by Gasteiger charge is -2.19. The van der Waals surface area contributed by atoms with Crippen LogP contribution in [0.5, 0.6) is 0 Å². The van der Waals surface area contributed by atoms with Crippen LogP contribution in [-0.2, 0) is 6.42 Å². The van der Waals surface area contributed by atoms with Crippen LogP contribution in [-0.4, -0.2) is 6.54 Å². The first-order valence-electron chi connectivity index (χ1n) is 6.53. The van der Waals surface area contributed by atoms with Crippen molar-refractivity contribution in [1.82, 2.24) is 5.32 Å². The van der Waals surface area contributed by atoms with Crippen molar-refractivity contribution < 1.29 is 8.78 Å². The number of rotatable bonds is 5. The smallest absolute Gasteiger partial charge is 0.145 e. The summed E-state index contributed by atoms with van der Waals surface area (Å²) in [5, 5.41) is 3.17. The van der Waals surface area contributed by atoms with Gasteiger partial charge in [-0.25, -0.2) is 8.78 Å². The predicted octanol–water partition coefficient (Wildman–Crippen LogP) is 5.05. The van der Waals surface area contributed by atoms with E-state index in [-0.39, 0.29) is 10.0 Å². The molecule has 1 nitrogen and oxygen atoms in total. The Balaban J connectivity index is 2.51. The van der Waals surface area contributed by atoms with Crippen LogP contribution < -0.4 is 5.32 Å². The summed E-state index contributed by atoms with van der Waals surface area (Å²) in [5.41, 5.74) is 0.0747. The summed E-state index contributed by atoms with van der Waals surface area (Å²) in [6.07, 6.45) is 0.924. The highest BCUT2D eigenvalue weighted by atomic mass is 79.9. The molecule has 2 aromatic rings. The molecule has 0 saturated carbocycles. The molecule has 1 aromatic carbocycles. The van der Waals surface area contributed by atoms with Crippen LogP contribution in [0.1, 0.15) is 35.2 Å². The number of halogens is 3. The van der Waals surface area contributed by atoms with Gasteiger partial charge in [-0.15, -0.1) is 11.3 Å². The Bertz CT molecular complexity index is 598. The summed E-state index contributed by atoms with van der Waals surface area (Å²) < 4.78 is 28.7. The third-order valence-electron chi connectivity index (χ3n) is 3.09. The van der Waals surface area contributed by atoms with Crippen molar-refractivity contribution in [1.29, 1.82) is 0 Å². The largest absolute Gasteiger partial charge is 0.306 e. The maximum atomic E-state index is 14.3. The van der Waals surface area contributed by atoms with Gasteiger partial charge in [0.1, 0.15) is 11.6 Å². The minimum Gasteiger partial charge on any atom is -0.306 e. The molecule has 0 fully saturated rings. The molecule has 0 bridgehead atoms.